The van der Waals surface area contributed by atoms with Crippen molar-refractivity contribution in [2.75, 3.05) is 13.1 Å². The van der Waals surface area contributed by atoms with Crippen molar-refractivity contribution in [1.29, 1.82) is 0 Å². The predicted octanol–water partition coefficient (Wildman–Crippen LogP) is 3.66. The molecular formula is C17H34N2. The molecule has 0 bridgehead atoms. The zero-order valence-electron chi connectivity index (χ0n) is 13.5. The topological polar surface area (TPSA) is 15.3 Å². The second-order valence-corrected chi connectivity index (χ2v) is 7.19. The van der Waals surface area contributed by atoms with E-state index in [0.29, 0.717) is 0 Å². The van der Waals surface area contributed by atoms with Crippen LogP contribution in [0.25, 0.3) is 0 Å². The lowest BCUT2D eigenvalue weighted by atomic mass is 9.90. The fraction of sp³-hybridized carbons (Fsp3) is 1.00. The molecule has 2 fully saturated rings. The lowest BCUT2D eigenvalue weighted by Crippen LogP contribution is -2.61. The zero-order chi connectivity index (χ0) is 13.8. The number of hydrogen-bond acceptors (Lipinski definition) is 2. The Morgan fingerprint density at radius 3 is 2.42 bits per heavy atom. The van der Waals surface area contributed by atoms with E-state index in [1.807, 2.05) is 0 Å². The maximum absolute atomic E-state index is 3.79. The summed E-state index contributed by atoms with van der Waals surface area (Å²) >= 11 is 0. The highest BCUT2D eigenvalue weighted by Crippen LogP contribution is 2.32. The number of nitrogens with zero attached hydrogens (tertiary/aromatic N) is 1. The van der Waals surface area contributed by atoms with Crippen LogP contribution in [0.2, 0.25) is 0 Å². The van der Waals surface area contributed by atoms with Crippen LogP contribution in [-0.4, -0.2) is 36.1 Å². The second kappa shape index (κ2) is 7.08. The summed E-state index contributed by atoms with van der Waals surface area (Å²) in [5.74, 6) is 1.72. The van der Waals surface area contributed by atoms with Crippen molar-refractivity contribution in [3.05, 3.63) is 0 Å². The van der Waals surface area contributed by atoms with E-state index in [-0.39, 0.29) is 0 Å². The summed E-state index contributed by atoms with van der Waals surface area (Å²) in [6.07, 6.45) is 8.49. The molecule has 2 aliphatic rings. The molecule has 112 valence electrons. The number of nitrogens with one attached hydrogen (secondary N) is 1. The molecule has 1 heterocycles. The Morgan fingerprint density at radius 1 is 1.16 bits per heavy atom. The van der Waals surface area contributed by atoms with E-state index in [4.69, 9.17) is 0 Å². The van der Waals surface area contributed by atoms with Crippen LogP contribution in [0.4, 0.5) is 0 Å². The van der Waals surface area contributed by atoms with Crippen molar-refractivity contribution in [2.45, 2.75) is 84.3 Å². The Morgan fingerprint density at radius 2 is 1.84 bits per heavy atom. The molecule has 19 heavy (non-hydrogen) atoms. The highest BCUT2D eigenvalue weighted by molar-refractivity contribution is 4.92. The molecule has 0 aromatic carbocycles. The van der Waals surface area contributed by atoms with E-state index < -0.39 is 0 Å². The third-order valence-electron chi connectivity index (χ3n) is 5.48. The summed E-state index contributed by atoms with van der Waals surface area (Å²) in [5, 5.41) is 3.79. The lowest BCUT2D eigenvalue weighted by molar-refractivity contribution is 0.0366. The summed E-state index contributed by atoms with van der Waals surface area (Å²) in [7, 11) is 0. The molecule has 1 saturated heterocycles. The van der Waals surface area contributed by atoms with Crippen LogP contribution in [0.1, 0.15) is 66.2 Å². The quantitative estimate of drug-likeness (QED) is 0.817. The van der Waals surface area contributed by atoms with Gasteiger partial charge < -0.3 is 5.32 Å². The van der Waals surface area contributed by atoms with Crippen LogP contribution >= 0.6 is 0 Å². The minimum absolute atomic E-state index is 0.726. The summed E-state index contributed by atoms with van der Waals surface area (Å²) < 4.78 is 0. The van der Waals surface area contributed by atoms with E-state index in [9.17, 15) is 0 Å². The summed E-state index contributed by atoms with van der Waals surface area (Å²) in [6, 6.07) is 2.25. The summed E-state index contributed by atoms with van der Waals surface area (Å²) in [5.41, 5.74) is 0. The molecule has 1 saturated carbocycles. The van der Waals surface area contributed by atoms with E-state index in [1.165, 1.54) is 51.6 Å². The minimum atomic E-state index is 0.726. The van der Waals surface area contributed by atoms with Crippen molar-refractivity contribution in [2.24, 2.45) is 11.8 Å². The largest absolute Gasteiger partial charge is 0.311 e. The summed E-state index contributed by atoms with van der Waals surface area (Å²) in [6.45, 7) is 12.1. The van der Waals surface area contributed by atoms with E-state index >= 15 is 0 Å². The van der Waals surface area contributed by atoms with Crippen molar-refractivity contribution >= 4 is 0 Å². The molecule has 2 rings (SSSR count). The summed E-state index contributed by atoms with van der Waals surface area (Å²) in [4.78, 5) is 2.86. The van der Waals surface area contributed by atoms with Gasteiger partial charge in [0.15, 0.2) is 0 Å². The Kier molecular flexibility index (Phi) is 5.70. The molecule has 0 radical (unpaired) electrons. The Bertz CT molecular complexity index is 258. The molecule has 2 nitrogen and oxygen atoms in total. The fourth-order valence-electron chi connectivity index (χ4n) is 4.20. The SMILES string of the molecule is CCCC1CN(C(C)C2CCCC2)C(C(C)C)CN1. The Balaban J connectivity index is 2.01. The highest BCUT2D eigenvalue weighted by Gasteiger charge is 2.35. The number of rotatable bonds is 5. The first kappa shape index (κ1) is 15.3. The van der Waals surface area contributed by atoms with Gasteiger partial charge in [0.25, 0.3) is 0 Å². The van der Waals surface area contributed by atoms with Gasteiger partial charge in [0.2, 0.25) is 0 Å². The molecule has 3 unspecified atom stereocenters. The third kappa shape index (κ3) is 3.72. The zero-order valence-corrected chi connectivity index (χ0v) is 13.5. The van der Waals surface area contributed by atoms with E-state index in [1.54, 1.807) is 0 Å². The molecule has 0 aromatic heterocycles. The molecule has 1 aliphatic carbocycles. The van der Waals surface area contributed by atoms with Crippen LogP contribution in [0.3, 0.4) is 0 Å². The van der Waals surface area contributed by atoms with Gasteiger partial charge in [-0.15, -0.1) is 0 Å². The van der Waals surface area contributed by atoms with E-state index in [2.05, 4.69) is 37.9 Å². The van der Waals surface area contributed by atoms with Gasteiger partial charge in [-0.25, -0.2) is 0 Å². The second-order valence-electron chi connectivity index (χ2n) is 7.19. The first-order chi connectivity index (χ1) is 9.13. The first-order valence-electron chi connectivity index (χ1n) is 8.62. The predicted molar refractivity (Wildman–Crippen MR) is 83.5 cm³/mol. The van der Waals surface area contributed by atoms with Gasteiger partial charge in [-0.2, -0.15) is 0 Å². The molecule has 2 heteroatoms. The van der Waals surface area contributed by atoms with Gasteiger partial charge in [-0.1, -0.05) is 40.0 Å². The maximum Gasteiger partial charge on any atom is 0.0247 e. The number of hydrogen-bond donors (Lipinski definition) is 1. The lowest BCUT2D eigenvalue weighted by Gasteiger charge is -2.47. The Labute approximate surface area is 120 Å². The monoisotopic (exact) mass is 266 g/mol. The fourth-order valence-corrected chi connectivity index (χ4v) is 4.20. The third-order valence-corrected chi connectivity index (χ3v) is 5.48. The molecular weight excluding hydrogens is 232 g/mol. The molecule has 0 spiro atoms. The van der Waals surface area contributed by atoms with Crippen molar-refractivity contribution in [3.63, 3.8) is 0 Å². The maximum atomic E-state index is 3.79. The van der Waals surface area contributed by atoms with Crippen LogP contribution in [-0.2, 0) is 0 Å². The van der Waals surface area contributed by atoms with Gasteiger partial charge >= 0.3 is 0 Å². The van der Waals surface area contributed by atoms with Crippen molar-refractivity contribution < 1.29 is 0 Å². The normalized spacial score (nSPS) is 32.1. The smallest absolute Gasteiger partial charge is 0.0247 e. The molecule has 1 aliphatic heterocycles. The minimum Gasteiger partial charge on any atom is -0.311 e. The average Bonchev–Trinajstić information content (AvgIpc) is 2.91. The average molecular weight is 266 g/mol. The first-order valence-corrected chi connectivity index (χ1v) is 8.62. The molecule has 3 atom stereocenters. The Hall–Kier alpha value is -0.0800. The van der Waals surface area contributed by atoms with Crippen molar-refractivity contribution in [3.8, 4) is 0 Å². The van der Waals surface area contributed by atoms with Crippen LogP contribution in [0.15, 0.2) is 0 Å². The van der Waals surface area contributed by atoms with Gasteiger partial charge in [-0.3, -0.25) is 4.90 Å². The van der Waals surface area contributed by atoms with Crippen LogP contribution < -0.4 is 5.32 Å². The van der Waals surface area contributed by atoms with Crippen molar-refractivity contribution in [1.82, 2.24) is 10.2 Å². The molecule has 0 amide bonds. The molecule has 1 N–H and O–H groups in total. The van der Waals surface area contributed by atoms with Gasteiger partial charge in [0, 0.05) is 31.2 Å². The number of piperazine rings is 1. The van der Waals surface area contributed by atoms with Crippen LogP contribution in [0, 0.1) is 11.8 Å². The highest BCUT2D eigenvalue weighted by atomic mass is 15.3. The standard InChI is InChI=1S/C17H34N2/c1-5-8-16-12-19(17(11-18-16)13(2)3)14(4)15-9-6-7-10-15/h13-18H,5-12H2,1-4H3. The molecule has 0 aromatic rings. The van der Waals surface area contributed by atoms with E-state index in [0.717, 1.165) is 30.0 Å². The van der Waals surface area contributed by atoms with Gasteiger partial charge in [0.05, 0.1) is 0 Å². The van der Waals surface area contributed by atoms with Crippen LogP contribution in [0.5, 0.6) is 0 Å². The van der Waals surface area contributed by atoms with Gasteiger partial charge in [-0.05, 0) is 38.0 Å². The van der Waals surface area contributed by atoms with Gasteiger partial charge in [0.1, 0.15) is 0 Å².